The van der Waals surface area contributed by atoms with Gasteiger partial charge in [-0.05, 0) is 12.3 Å². The van der Waals surface area contributed by atoms with Crippen molar-refractivity contribution >= 4 is 5.91 Å². The average molecular weight is 330 g/mol. The fourth-order valence-corrected chi connectivity index (χ4v) is 1.07. The molecule has 0 atom stereocenters. The van der Waals surface area contributed by atoms with Crippen molar-refractivity contribution in [1.29, 1.82) is 0 Å². The topological polar surface area (TPSA) is 49.6 Å². The molecule has 0 aliphatic carbocycles. The van der Waals surface area contributed by atoms with Crippen molar-refractivity contribution in [2.24, 2.45) is 11.8 Å². The Hall–Kier alpha value is 1.20. The van der Waals surface area contributed by atoms with Gasteiger partial charge in [-0.25, -0.2) is 0 Å². The van der Waals surface area contributed by atoms with E-state index in [0.29, 0.717) is 31.6 Å². The Kier molecular flexibility index (Phi) is 17.4. The summed E-state index contributed by atoms with van der Waals surface area (Å²) in [4.78, 5) is 11.2. The molecule has 1 amide bonds. The normalized spacial score (nSPS) is 10.6. The third-order valence-corrected chi connectivity index (χ3v) is 1.89. The summed E-state index contributed by atoms with van der Waals surface area (Å²) < 4.78 is 10.6. The van der Waals surface area contributed by atoms with Gasteiger partial charge in [0.2, 0.25) is 0 Å². The zero-order valence-electron chi connectivity index (χ0n) is 12.6. The summed E-state index contributed by atoms with van der Waals surface area (Å²) in [7, 11) is 0. The van der Waals surface area contributed by atoms with E-state index in [1.165, 1.54) is 0 Å². The summed E-state index contributed by atoms with van der Waals surface area (Å²) in [6.45, 7) is 11.0. The number of carbonyl (C=O) groups excluding carboxylic acids is 1. The van der Waals surface area contributed by atoms with Crippen LogP contribution in [0.15, 0.2) is 0 Å². The van der Waals surface area contributed by atoms with E-state index >= 15 is 0 Å². The van der Waals surface area contributed by atoms with E-state index in [1.54, 1.807) is 0 Å². The van der Waals surface area contributed by atoms with Crippen molar-refractivity contribution in [3.8, 4) is 0 Å². The molecule has 0 heterocycles. The molecule has 0 fully saturated rings. The maximum absolute atomic E-state index is 11.2. The molecular weight excluding hydrogens is 304 g/mol. The Morgan fingerprint density at radius 2 is 1.67 bits per heavy atom. The Balaban J connectivity index is 0. The number of nitrogens with zero attached hydrogens (tertiary/aromatic N) is 1. The molecule has 0 aliphatic heterocycles. The summed E-state index contributed by atoms with van der Waals surface area (Å²) in [5.41, 5.74) is 0. The van der Waals surface area contributed by atoms with Gasteiger partial charge in [-0.2, -0.15) is 0 Å². The van der Waals surface area contributed by atoms with Crippen molar-refractivity contribution in [2.45, 2.75) is 34.1 Å². The van der Waals surface area contributed by atoms with E-state index in [-0.39, 0.29) is 70.7 Å². The molecule has 102 valence electrons. The number of rotatable bonds is 10. The van der Waals surface area contributed by atoms with Crippen molar-refractivity contribution in [3.63, 3.8) is 0 Å². The van der Waals surface area contributed by atoms with Crippen LogP contribution in [0.3, 0.4) is 0 Å². The van der Waals surface area contributed by atoms with Crippen molar-refractivity contribution in [1.82, 2.24) is 0 Å². The smallest absolute Gasteiger partial charge is 0.651 e. The number of hydrogen-bond acceptors (Lipinski definition) is 3. The van der Waals surface area contributed by atoms with Gasteiger partial charge in [-0.1, -0.05) is 33.6 Å². The van der Waals surface area contributed by atoms with E-state index < -0.39 is 0 Å². The second kappa shape index (κ2) is 14.6. The molecule has 0 aromatic carbocycles. The van der Waals surface area contributed by atoms with Crippen molar-refractivity contribution < 1.29 is 72.5 Å². The first-order chi connectivity index (χ1) is 8.02. The van der Waals surface area contributed by atoms with Crippen LogP contribution >= 0.6 is 0 Å². The Labute approximate surface area is 160 Å². The molecule has 0 N–H and O–H groups in total. The molecule has 0 saturated heterocycles. The van der Waals surface area contributed by atoms with Crippen LogP contribution in [0.25, 0.3) is 5.32 Å². The van der Waals surface area contributed by atoms with Gasteiger partial charge in [0.15, 0.2) is 0 Å². The van der Waals surface area contributed by atoms with Gasteiger partial charge in [-0.3, -0.25) is 0 Å². The predicted octanol–water partition coefficient (Wildman–Crippen LogP) is -0.374. The molecule has 0 saturated carbocycles. The maximum atomic E-state index is 11.2. The molecule has 18 heavy (non-hydrogen) atoms. The van der Waals surface area contributed by atoms with Gasteiger partial charge in [0, 0.05) is 19.8 Å². The van der Waals surface area contributed by atoms with E-state index in [1.807, 2.05) is 13.8 Å². The van der Waals surface area contributed by atoms with Gasteiger partial charge in [0.25, 0.3) is 0 Å². The Morgan fingerprint density at radius 1 is 1.06 bits per heavy atom. The Bertz CT molecular complexity index is 199. The Morgan fingerprint density at radius 3 is 2.22 bits per heavy atom. The van der Waals surface area contributed by atoms with Gasteiger partial charge in [0.05, 0.1) is 12.5 Å². The number of carbonyl (C=O) groups is 1. The largest absolute Gasteiger partial charge is 1.00 e. The summed E-state index contributed by atoms with van der Waals surface area (Å²) in [6.07, 6.45) is 0.824. The van der Waals surface area contributed by atoms with Crippen LogP contribution < -0.4 is 58.2 Å². The maximum Gasteiger partial charge on any atom is 1.00 e. The van der Waals surface area contributed by atoms with E-state index in [9.17, 15) is 4.79 Å². The molecule has 0 bridgehead atoms. The number of ether oxygens (including phenoxy) is 2. The molecule has 0 spiro atoms. The molecule has 5 heteroatoms. The fourth-order valence-electron chi connectivity index (χ4n) is 1.07. The zero-order valence-corrected chi connectivity index (χ0v) is 17.5. The molecular formula is C13H26NO3Rb. The predicted molar refractivity (Wildman–Crippen MR) is 69.2 cm³/mol. The van der Waals surface area contributed by atoms with E-state index in [2.05, 4.69) is 19.2 Å². The van der Waals surface area contributed by atoms with Gasteiger partial charge < -0.3 is 19.6 Å². The molecule has 0 radical (unpaired) electrons. The molecule has 0 unspecified atom stereocenters. The van der Waals surface area contributed by atoms with Crippen LogP contribution in [0.2, 0.25) is 0 Å². The first-order valence-electron chi connectivity index (χ1n) is 6.38. The van der Waals surface area contributed by atoms with Crippen LogP contribution in [-0.2, 0) is 14.3 Å². The fraction of sp³-hybridized carbons (Fsp3) is 0.923. The SMILES string of the molecule is CC(C)C[N-]C(=O)COCCCOCC(C)C.[Rb+]. The van der Waals surface area contributed by atoms with E-state index in [4.69, 9.17) is 9.47 Å². The number of amides is 1. The third kappa shape index (κ3) is 17.2. The minimum Gasteiger partial charge on any atom is -0.651 e. The molecule has 0 aliphatic rings. The average Bonchev–Trinajstić information content (AvgIpc) is 2.24. The van der Waals surface area contributed by atoms with Crippen molar-refractivity contribution in [3.05, 3.63) is 5.32 Å². The van der Waals surface area contributed by atoms with Crippen molar-refractivity contribution in [2.75, 3.05) is 33.0 Å². The standard InChI is InChI=1S/C13H27NO3.Rb/c1-11(2)8-14-13(15)10-17-7-5-6-16-9-12(3)4;/h11-12H,5-10H2,1-4H3,(H,14,15);/q;+1/p-1. The minimum atomic E-state index is -0.165. The molecule has 0 rings (SSSR count). The summed E-state index contributed by atoms with van der Waals surface area (Å²) >= 11 is 0. The van der Waals surface area contributed by atoms with Crippen LogP contribution in [0.4, 0.5) is 0 Å². The zero-order chi connectivity index (χ0) is 13.1. The summed E-state index contributed by atoms with van der Waals surface area (Å²) in [5.74, 6) is 0.817. The second-order valence-corrected chi connectivity index (χ2v) is 5.00. The number of hydrogen-bond donors (Lipinski definition) is 0. The van der Waals surface area contributed by atoms with Gasteiger partial charge >= 0.3 is 58.2 Å². The molecule has 0 aromatic rings. The third-order valence-electron chi connectivity index (χ3n) is 1.89. The quantitative estimate of drug-likeness (QED) is 0.514. The van der Waals surface area contributed by atoms with Crippen LogP contribution in [0.5, 0.6) is 0 Å². The first kappa shape index (κ1) is 21.5. The first-order valence-corrected chi connectivity index (χ1v) is 6.38. The van der Waals surface area contributed by atoms with Crippen LogP contribution in [-0.4, -0.2) is 38.9 Å². The van der Waals surface area contributed by atoms with Crippen LogP contribution in [0, 0.1) is 11.8 Å². The van der Waals surface area contributed by atoms with Crippen LogP contribution in [0.1, 0.15) is 34.1 Å². The second-order valence-electron chi connectivity index (χ2n) is 5.00. The minimum absolute atomic E-state index is 0. The van der Waals surface area contributed by atoms with Gasteiger partial charge in [0.1, 0.15) is 0 Å². The van der Waals surface area contributed by atoms with E-state index in [0.717, 1.165) is 13.0 Å². The van der Waals surface area contributed by atoms with Gasteiger partial charge in [-0.15, -0.1) is 6.54 Å². The summed E-state index contributed by atoms with van der Waals surface area (Å²) in [5, 5.41) is 3.89. The monoisotopic (exact) mass is 329 g/mol. The molecule has 4 nitrogen and oxygen atoms in total. The summed E-state index contributed by atoms with van der Waals surface area (Å²) in [6, 6.07) is 0. The molecule has 0 aromatic heterocycles.